The van der Waals surface area contributed by atoms with E-state index in [2.05, 4.69) is 25.5 Å². The maximum absolute atomic E-state index is 12.0. The van der Waals surface area contributed by atoms with Crippen molar-refractivity contribution in [3.8, 4) is 11.5 Å². The summed E-state index contributed by atoms with van der Waals surface area (Å²) >= 11 is 0. The van der Waals surface area contributed by atoms with Gasteiger partial charge in [-0.15, -0.1) is 0 Å². The van der Waals surface area contributed by atoms with Crippen LogP contribution in [0.15, 0.2) is 30.3 Å². The molecule has 3 rings (SSSR count). The van der Waals surface area contributed by atoms with E-state index in [1.54, 1.807) is 19.2 Å². The van der Waals surface area contributed by atoms with Crippen LogP contribution in [-0.4, -0.2) is 55.8 Å². The Bertz CT molecular complexity index is 809. The average Bonchev–Trinajstić information content (AvgIpc) is 2.75. The fourth-order valence-electron chi connectivity index (χ4n) is 3.21. The predicted molar refractivity (Wildman–Crippen MR) is 113 cm³/mol. The minimum absolute atomic E-state index is 0.0428. The number of methoxy groups -OCH3 is 1. The third-order valence-electron chi connectivity index (χ3n) is 4.67. The van der Waals surface area contributed by atoms with E-state index in [1.165, 1.54) is 19.3 Å². The molecule has 8 heteroatoms. The lowest BCUT2D eigenvalue weighted by Crippen LogP contribution is -2.33. The number of ether oxygens (including phenoxy) is 2. The van der Waals surface area contributed by atoms with E-state index in [4.69, 9.17) is 9.47 Å². The Balaban J connectivity index is 1.40. The quantitative estimate of drug-likeness (QED) is 0.626. The molecule has 1 aliphatic rings. The summed E-state index contributed by atoms with van der Waals surface area (Å²) in [7, 11) is 1.59. The van der Waals surface area contributed by atoms with Gasteiger partial charge in [0.25, 0.3) is 5.91 Å². The number of carbonyl (C=O) groups excluding carboxylic acids is 1. The van der Waals surface area contributed by atoms with E-state index in [-0.39, 0.29) is 12.5 Å². The molecular weight excluding hydrogens is 370 g/mol. The van der Waals surface area contributed by atoms with Crippen LogP contribution in [0, 0.1) is 6.92 Å². The molecule has 0 radical (unpaired) electrons. The summed E-state index contributed by atoms with van der Waals surface area (Å²) in [6, 6.07) is 9.15. The van der Waals surface area contributed by atoms with Crippen molar-refractivity contribution in [2.24, 2.45) is 0 Å². The summed E-state index contributed by atoms with van der Waals surface area (Å²) in [6.07, 6.45) is 3.69. The number of nitrogens with one attached hydrogen (secondary N) is 2. The van der Waals surface area contributed by atoms with E-state index in [1.807, 2.05) is 25.1 Å². The number of nitrogens with zero attached hydrogens (tertiary/aromatic N) is 3. The first-order valence-corrected chi connectivity index (χ1v) is 10.0. The monoisotopic (exact) mass is 399 g/mol. The number of piperidine rings is 1. The molecule has 0 saturated carbocycles. The molecule has 0 unspecified atom stereocenters. The summed E-state index contributed by atoms with van der Waals surface area (Å²) < 4.78 is 10.6. The average molecular weight is 399 g/mol. The van der Waals surface area contributed by atoms with Crippen molar-refractivity contribution in [3.63, 3.8) is 0 Å². The van der Waals surface area contributed by atoms with Crippen LogP contribution >= 0.6 is 0 Å². The van der Waals surface area contributed by atoms with E-state index in [0.717, 1.165) is 30.5 Å². The second-order valence-corrected chi connectivity index (χ2v) is 6.95. The van der Waals surface area contributed by atoms with Crippen molar-refractivity contribution in [2.75, 3.05) is 50.1 Å². The summed E-state index contributed by atoms with van der Waals surface area (Å²) in [6.45, 7) is 4.98. The molecule has 0 spiro atoms. The van der Waals surface area contributed by atoms with Crippen molar-refractivity contribution < 1.29 is 14.3 Å². The Kier molecular flexibility index (Phi) is 7.49. The highest BCUT2D eigenvalue weighted by atomic mass is 16.5. The molecule has 8 nitrogen and oxygen atoms in total. The Hall–Kier alpha value is -3.03. The van der Waals surface area contributed by atoms with E-state index in [0.29, 0.717) is 24.6 Å². The molecule has 1 saturated heterocycles. The van der Waals surface area contributed by atoms with Gasteiger partial charge in [-0.1, -0.05) is 6.07 Å². The van der Waals surface area contributed by atoms with Crippen LogP contribution in [0.5, 0.6) is 11.5 Å². The van der Waals surface area contributed by atoms with E-state index >= 15 is 0 Å². The van der Waals surface area contributed by atoms with Gasteiger partial charge in [0.05, 0.1) is 7.11 Å². The van der Waals surface area contributed by atoms with Crippen LogP contribution < -0.4 is 25.0 Å². The van der Waals surface area contributed by atoms with Crippen LogP contribution in [-0.2, 0) is 4.79 Å². The summed E-state index contributed by atoms with van der Waals surface area (Å²) in [4.78, 5) is 23.3. The van der Waals surface area contributed by atoms with Gasteiger partial charge in [0.2, 0.25) is 0 Å². The summed E-state index contributed by atoms with van der Waals surface area (Å²) in [5.41, 5.74) is 0. The topological polar surface area (TPSA) is 88.6 Å². The number of rotatable bonds is 9. The minimum atomic E-state index is -0.178. The Labute approximate surface area is 171 Å². The van der Waals surface area contributed by atoms with Gasteiger partial charge in [-0.05, 0) is 38.3 Å². The van der Waals surface area contributed by atoms with Crippen molar-refractivity contribution in [2.45, 2.75) is 26.2 Å². The lowest BCUT2D eigenvalue weighted by Gasteiger charge is -2.28. The Morgan fingerprint density at radius 3 is 2.69 bits per heavy atom. The zero-order valence-electron chi connectivity index (χ0n) is 17.1. The molecule has 1 aliphatic heterocycles. The third kappa shape index (κ3) is 6.51. The molecule has 2 aromatic rings. The highest BCUT2D eigenvalue weighted by Crippen LogP contribution is 2.20. The third-order valence-corrected chi connectivity index (χ3v) is 4.67. The SMILES string of the molecule is COc1cccc(OCC(=O)NCCNc2cc(N3CCCCC3)nc(C)n2)c1. The van der Waals surface area contributed by atoms with Gasteiger partial charge in [0.1, 0.15) is 29.0 Å². The molecule has 1 amide bonds. The lowest BCUT2D eigenvalue weighted by molar-refractivity contribution is -0.123. The first kappa shape index (κ1) is 20.7. The minimum Gasteiger partial charge on any atom is -0.497 e. The lowest BCUT2D eigenvalue weighted by atomic mass is 10.1. The highest BCUT2D eigenvalue weighted by Gasteiger charge is 2.13. The molecule has 2 heterocycles. The number of aromatic nitrogens is 2. The number of anilines is 2. The van der Waals surface area contributed by atoms with Crippen LogP contribution in [0.1, 0.15) is 25.1 Å². The van der Waals surface area contributed by atoms with Crippen LogP contribution in [0.2, 0.25) is 0 Å². The molecule has 0 bridgehead atoms. The molecular formula is C21H29N5O3. The normalized spacial score (nSPS) is 13.7. The van der Waals surface area contributed by atoms with E-state index in [9.17, 15) is 4.79 Å². The first-order chi connectivity index (χ1) is 14.1. The largest absolute Gasteiger partial charge is 0.497 e. The van der Waals surface area contributed by atoms with Crippen LogP contribution in [0.4, 0.5) is 11.6 Å². The van der Waals surface area contributed by atoms with Gasteiger partial charge in [0.15, 0.2) is 6.61 Å². The number of carbonyl (C=O) groups is 1. The zero-order valence-corrected chi connectivity index (χ0v) is 17.1. The number of aryl methyl sites for hydroxylation is 1. The van der Waals surface area contributed by atoms with Gasteiger partial charge >= 0.3 is 0 Å². The molecule has 2 N–H and O–H groups in total. The number of hydrogen-bond acceptors (Lipinski definition) is 7. The fourth-order valence-corrected chi connectivity index (χ4v) is 3.21. The molecule has 0 aliphatic carbocycles. The van der Waals surface area contributed by atoms with Gasteiger partial charge in [-0.2, -0.15) is 0 Å². The van der Waals surface area contributed by atoms with Crippen molar-refractivity contribution in [3.05, 3.63) is 36.2 Å². The van der Waals surface area contributed by atoms with Gasteiger partial charge in [0, 0.05) is 38.3 Å². The standard InChI is InChI=1S/C21H29N5O3/c1-16-24-19(14-20(25-16)26-11-4-3-5-12-26)22-9-10-23-21(27)15-29-18-8-6-7-17(13-18)28-2/h6-8,13-14H,3-5,9-12,15H2,1-2H3,(H,23,27)(H,22,24,25). The summed E-state index contributed by atoms with van der Waals surface area (Å²) in [5, 5.41) is 6.09. The second kappa shape index (κ2) is 10.5. The van der Waals surface area contributed by atoms with Gasteiger partial charge < -0.3 is 25.0 Å². The number of amides is 1. The predicted octanol–water partition coefficient (Wildman–Crippen LogP) is 2.39. The molecule has 0 atom stereocenters. The Morgan fingerprint density at radius 1 is 1.10 bits per heavy atom. The molecule has 1 aromatic heterocycles. The van der Waals surface area contributed by atoms with E-state index < -0.39 is 0 Å². The van der Waals surface area contributed by atoms with Gasteiger partial charge in [-0.25, -0.2) is 9.97 Å². The summed E-state index contributed by atoms with van der Waals surface area (Å²) in [5.74, 6) is 3.60. The second-order valence-electron chi connectivity index (χ2n) is 6.95. The first-order valence-electron chi connectivity index (χ1n) is 10.0. The van der Waals surface area contributed by atoms with Gasteiger partial charge in [-0.3, -0.25) is 4.79 Å². The maximum atomic E-state index is 12.0. The van der Waals surface area contributed by atoms with Crippen molar-refractivity contribution >= 4 is 17.5 Å². The highest BCUT2D eigenvalue weighted by molar-refractivity contribution is 5.77. The molecule has 1 aromatic carbocycles. The van der Waals surface area contributed by atoms with Crippen molar-refractivity contribution in [1.29, 1.82) is 0 Å². The fraction of sp³-hybridized carbons (Fsp3) is 0.476. The molecule has 29 heavy (non-hydrogen) atoms. The molecule has 1 fully saturated rings. The Morgan fingerprint density at radius 2 is 1.90 bits per heavy atom. The van der Waals surface area contributed by atoms with Crippen LogP contribution in [0.3, 0.4) is 0 Å². The number of benzene rings is 1. The zero-order chi connectivity index (χ0) is 20.5. The van der Waals surface area contributed by atoms with Crippen LogP contribution in [0.25, 0.3) is 0 Å². The smallest absolute Gasteiger partial charge is 0.258 e. The maximum Gasteiger partial charge on any atom is 0.258 e. The number of hydrogen-bond donors (Lipinski definition) is 2. The molecule has 156 valence electrons. The van der Waals surface area contributed by atoms with Crippen molar-refractivity contribution in [1.82, 2.24) is 15.3 Å².